The van der Waals surface area contributed by atoms with Crippen molar-refractivity contribution in [1.29, 1.82) is 0 Å². The lowest BCUT2D eigenvalue weighted by Crippen LogP contribution is -2.33. The van der Waals surface area contributed by atoms with E-state index in [-0.39, 0.29) is 23.3 Å². The van der Waals surface area contributed by atoms with Crippen molar-refractivity contribution < 1.29 is 13.9 Å². The fourth-order valence-electron chi connectivity index (χ4n) is 2.59. The number of thiocarbonyl (C=S) groups is 1. The maximum Gasteiger partial charge on any atom is 0.293 e. The molecule has 8 heteroatoms. The van der Waals surface area contributed by atoms with Gasteiger partial charge in [-0.15, -0.1) is 12.4 Å². The lowest BCUT2D eigenvalue weighted by molar-refractivity contribution is 0.0953. The van der Waals surface area contributed by atoms with Gasteiger partial charge in [-0.25, -0.2) is 0 Å². The SMILES string of the molecule is Cl.O=C(NC(=S)Nc1ccccc1Oc1ccccc1)c1cc2cnccc2o1. The van der Waals surface area contributed by atoms with Crippen LogP contribution in [-0.4, -0.2) is 16.0 Å². The van der Waals surface area contributed by atoms with Crippen molar-refractivity contribution in [3.8, 4) is 11.5 Å². The minimum Gasteiger partial charge on any atom is -0.455 e. The average molecular weight is 426 g/mol. The first-order valence-corrected chi connectivity index (χ1v) is 8.88. The van der Waals surface area contributed by atoms with Gasteiger partial charge in [0.2, 0.25) is 0 Å². The van der Waals surface area contributed by atoms with Crippen LogP contribution in [0, 0.1) is 0 Å². The van der Waals surface area contributed by atoms with E-state index < -0.39 is 5.91 Å². The standard InChI is InChI=1S/C21H15N3O3S.ClH/c25-20(19-12-14-13-22-11-10-17(14)27-19)24-21(28)23-16-8-4-5-9-18(16)26-15-6-2-1-3-7-15;/h1-13H,(H2,23,24,25,28);1H. The summed E-state index contributed by atoms with van der Waals surface area (Å²) < 4.78 is 11.4. The van der Waals surface area contributed by atoms with Gasteiger partial charge in [-0.2, -0.15) is 0 Å². The summed E-state index contributed by atoms with van der Waals surface area (Å²) in [6.45, 7) is 0. The number of carbonyl (C=O) groups is 1. The molecule has 2 aromatic heterocycles. The number of hydrogen-bond acceptors (Lipinski definition) is 5. The van der Waals surface area contributed by atoms with Crippen molar-refractivity contribution in [3.63, 3.8) is 0 Å². The second-order valence-corrected chi connectivity index (χ2v) is 6.25. The Balaban J connectivity index is 0.00000240. The number of nitrogens with one attached hydrogen (secondary N) is 2. The number of amides is 1. The van der Waals surface area contributed by atoms with E-state index in [1.54, 1.807) is 24.5 Å². The molecule has 0 radical (unpaired) electrons. The number of para-hydroxylation sites is 3. The third kappa shape index (κ3) is 4.90. The second kappa shape index (κ2) is 9.18. The molecular weight excluding hydrogens is 410 g/mol. The Bertz CT molecular complexity index is 1120. The summed E-state index contributed by atoms with van der Waals surface area (Å²) in [5.41, 5.74) is 1.21. The van der Waals surface area contributed by atoms with Crippen molar-refractivity contribution in [1.82, 2.24) is 10.3 Å². The normalized spacial score (nSPS) is 10.1. The molecule has 1 amide bonds. The maximum atomic E-state index is 12.4. The number of carbonyl (C=O) groups excluding carboxylic acids is 1. The topological polar surface area (TPSA) is 76.4 Å². The molecule has 2 aromatic carbocycles. The van der Waals surface area contributed by atoms with Crippen molar-refractivity contribution in [3.05, 3.63) is 84.9 Å². The van der Waals surface area contributed by atoms with Crippen LogP contribution in [0.25, 0.3) is 11.0 Å². The van der Waals surface area contributed by atoms with Gasteiger partial charge < -0.3 is 14.5 Å². The van der Waals surface area contributed by atoms with Crippen LogP contribution in [0.15, 0.2) is 83.5 Å². The van der Waals surface area contributed by atoms with Gasteiger partial charge in [0.1, 0.15) is 11.3 Å². The zero-order valence-electron chi connectivity index (χ0n) is 15.0. The molecule has 2 heterocycles. The van der Waals surface area contributed by atoms with Gasteiger partial charge >= 0.3 is 0 Å². The summed E-state index contributed by atoms with van der Waals surface area (Å²) in [4.78, 5) is 16.4. The average Bonchev–Trinajstić information content (AvgIpc) is 3.15. The van der Waals surface area contributed by atoms with Crippen LogP contribution < -0.4 is 15.4 Å². The summed E-state index contributed by atoms with van der Waals surface area (Å²) in [5.74, 6) is 0.985. The molecule has 29 heavy (non-hydrogen) atoms. The number of nitrogens with zero attached hydrogens (tertiary/aromatic N) is 1. The highest BCUT2D eigenvalue weighted by molar-refractivity contribution is 7.80. The molecule has 0 saturated carbocycles. The van der Waals surface area contributed by atoms with Gasteiger partial charge in [-0.1, -0.05) is 30.3 Å². The first-order chi connectivity index (χ1) is 13.7. The molecule has 6 nitrogen and oxygen atoms in total. The fourth-order valence-corrected chi connectivity index (χ4v) is 2.79. The summed E-state index contributed by atoms with van der Waals surface area (Å²) in [6.07, 6.45) is 3.23. The Labute approximate surface area is 178 Å². The molecule has 0 fully saturated rings. The molecule has 0 saturated heterocycles. The lowest BCUT2D eigenvalue weighted by Gasteiger charge is -2.13. The third-order valence-corrected chi connectivity index (χ3v) is 4.08. The van der Waals surface area contributed by atoms with Crippen molar-refractivity contribution >= 4 is 52.3 Å². The fraction of sp³-hybridized carbons (Fsp3) is 0. The monoisotopic (exact) mass is 425 g/mol. The van der Waals surface area contributed by atoms with Crippen LogP contribution in [0.2, 0.25) is 0 Å². The number of ether oxygens (including phenoxy) is 1. The molecule has 0 atom stereocenters. The van der Waals surface area contributed by atoms with Gasteiger partial charge in [-0.3, -0.25) is 15.1 Å². The first-order valence-electron chi connectivity index (χ1n) is 8.47. The minimum absolute atomic E-state index is 0. The molecule has 0 unspecified atom stereocenters. The number of halogens is 1. The molecule has 4 rings (SSSR count). The molecular formula is C21H16ClN3O3S. The molecule has 0 bridgehead atoms. The highest BCUT2D eigenvalue weighted by atomic mass is 35.5. The Morgan fingerprint density at radius 2 is 1.79 bits per heavy atom. The van der Waals surface area contributed by atoms with Crippen LogP contribution in [0.5, 0.6) is 11.5 Å². The van der Waals surface area contributed by atoms with Gasteiger partial charge in [0.25, 0.3) is 5.91 Å². The number of anilines is 1. The van der Waals surface area contributed by atoms with E-state index in [0.717, 1.165) is 5.39 Å². The van der Waals surface area contributed by atoms with Gasteiger partial charge in [0, 0.05) is 17.8 Å². The number of hydrogen-bond donors (Lipinski definition) is 2. The molecule has 0 aliphatic heterocycles. The smallest absolute Gasteiger partial charge is 0.293 e. The number of pyridine rings is 1. The Kier molecular flexibility index (Phi) is 6.43. The van der Waals surface area contributed by atoms with E-state index in [0.29, 0.717) is 22.8 Å². The Morgan fingerprint density at radius 3 is 2.59 bits per heavy atom. The molecule has 146 valence electrons. The van der Waals surface area contributed by atoms with E-state index in [1.165, 1.54) is 0 Å². The van der Waals surface area contributed by atoms with Gasteiger partial charge in [0.05, 0.1) is 5.69 Å². The highest BCUT2D eigenvalue weighted by Gasteiger charge is 2.14. The molecule has 2 N–H and O–H groups in total. The minimum atomic E-state index is -0.449. The van der Waals surface area contributed by atoms with Crippen molar-refractivity contribution in [2.24, 2.45) is 0 Å². The Morgan fingerprint density at radius 1 is 1.03 bits per heavy atom. The van der Waals surface area contributed by atoms with E-state index in [9.17, 15) is 4.79 Å². The molecule has 4 aromatic rings. The summed E-state index contributed by atoms with van der Waals surface area (Å²) in [7, 11) is 0. The quantitative estimate of drug-likeness (QED) is 0.439. The van der Waals surface area contributed by atoms with Crippen LogP contribution in [0.4, 0.5) is 5.69 Å². The largest absolute Gasteiger partial charge is 0.455 e. The van der Waals surface area contributed by atoms with E-state index >= 15 is 0 Å². The van der Waals surface area contributed by atoms with Gasteiger partial charge in [0.15, 0.2) is 16.6 Å². The zero-order chi connectivity index (χ0) is 19.3. The van der Waals surface area contributed by atoms with E-state index in [4.69, 9.17) is 21.4 Å². The molecule has 0 aliphatic rings. The van der Waals surface area contributed by atoms with Gasteiger partial charge in [-0.05, 0) is 48.6 Å². The number of fused-ring (bicyclic) bond motifs is 1. The Hall–Kier alpha value is -3.42. The number of furan rings is 1. The number of rotatable bonds is 4. The number of aromatic nitrogens is 1. The van der Waals surface area contributed by atoms with Crippen LogP contribution in [-0.2, 0) is 0 Å². The molecule has 0 spiro atoms. The predicted octanol–water partition coefficient (Wildman–Crippen LogP) is 5.17. The number of benzene rings is 2. The summed E-state index contributed by atoms with van der Waals surface area (Å²) in [5, 5.41) is 6.47. The first kappa shape index (κ1) is 20.3. The van der Waals surface area contributed by atoms with E-state index in [2.05, 4.69) is 15.6 Å². The van der Waals surface area contributed by atoms with Crippen LogP contribution in [0.1, 0.15) is 10.6 Å². The van der Waals surface area contributed by atoms with Crippen molar-refractivity contribution in [2.45, 2.75) is 0 Å². The summed E-state index contributed by atoms with van der Waals surface area (Å²) in [6, 6.07) is 20.0. The summed E-state index contributed by atoms with van der Waals surface area (Å²) >= 11 is 5.26. The highest BCUT2D eigenvalue weighted by Crippen LogP contribution is 2.29. The predicted molar refractivity (Wildman–Crippen MR) is 118 cm³/mol. The van der Waals surface area contributed by atoms with Crippen molar-refractivity contribution in [2.75, 3.05) is 5.32 Å². The lowest BCUT2D eigenvalue weighted by atomic mass is 10.3. The van der Waals surface area contributed by atoms with E-state index in [1.807, 2.05) is 54.6 Å². The van der Waals surface area contributed by atoms with Crippen LogP contribution in [0.3, 0.4) is 0 Å². The second-order valence-electron chi connectivity index (χ2n) is 5.84. The maximum absolute atomic E-state index is 12.4. The zero-order valence-corrected chi connectivity index (χ0v) is 16.6. The molecule has 0 aliphatic carbocycles. The van der Waals surface area contributed by atoms with Crippen LogP contribution >= 0.6 is 24.6 Å². The third-order valence-electron chi connectivity index (χ3n) is 3.87.